The number of benzene rings is 2. The Bertz CT molecular complexity index is 802. The van der Waals surface area contributed by atoms with Gasteiger partial charge in [-0.25, -0.2) is 4.79 Å². The normalized spacial score (nSPS) is 11.6. The van der Waals surface area contributed by atoms with Crippen molar-refractivity contribution in [3.8, 4) is 5.75 Å². The maximum atomic E-state index is 12.2. The van der Waals surface area contributed by atoms with Gasteiger partial charge in [0.15, 0.2) is 5.75 Å². The third kappa shape index (κ3) is 5.77. The monoisotopic (exact) mass is 410 g/mol. The van der Waals surface area contributed by atoms with E-state index in [9.17, 15) is 9.59 Å². The van der Waals surface area contributed by atoms with E-state index < -0.39 is 12.0 Å². The van der Waals surface area contributed by atoms with Gasteiger partial charge in [-0.1, -0.05) is 35.3 Å². The fourth-order valence-electron chi connectivity index (χ4n) is 2.25. The van der Waals surface area contributed by atoms with Gasteiger partial charge in [-0.15, -0.1) is 0 Å². The first-order valence-electron chi connectivity index (χ1n) is 8.25. The minimum Gasteiger partial charge on any atom is -0.485 e. The fourth-order valence-corrected chi connectivity index (χ4v) is 2.81. The van der Waals surface area contributed by atoms with Gasteiger partial charge in [-0.3, -0.25) is 4.79 Å². The molecule has 144 valence electrons. The summed E-state index contributed by atoms with van der Waals surface area (Å²) in [5.41, 5.74) is 7.43. The van der Waals surface area contributed by atoms with E-state index in [-0.39, 0.29) is 19.1 Å². The Morgan fingerprint density at radius 3 is 2.44 bits per heavy atom. The van der Waals surface area contributed by atoms with Gasteiger partial charge in [0.2, 0.25) is 0 Å². The molecule has 2 aromatic carbocycles. The van der Waals surface area contributed by atoms with Crippen molar-refractivity contribution < 1.29 is 19.1 Å². The number of esters is 1. The van der Waals surface area contributed by atoms with Crippen LogP contribution in [0.5, 0.6) is 5.75 Å². The van der Waals surface area contributed by atoms with Crippen LogP contribution in [0.25, 0.3) is 0 Å². The third-order valence-electron chi connectivity index (χ3n) is 3.62. The first-order valence-corrected chi connectivity index (χ1v) is 9.01. The van der Waals surface area contributed by atoms with E-state index in [1.54, 1.807) is 50.2 Å². The highest BCUT2D eigenvalue weighted by molar-refractivity contribution is 6.36. The van der Waals surface area contributed by atoms with Gasteiger partial charge in [0.05, 0.1) is 17.3 Å². The Hall–Kier alpha value is -2.44. The third-order valence-corrected chi connectivity index (χ3v) is 4.12. The van der Waals surface area contributed by atoms with Crippen LogP contribution in [0.1, 0.15) is 29.8 Å². The lowest BCUT2D eigenvalue weighted by Crippen LogP contribution is -2.39. The van der Waals surface area contributed by atoms with Crippen LogP contribution in [0.2, 0.25) is 10.0 Å². The zero-order valence-corrected chi connectivity index (χ0v) is 16.4. The van der Waals surface area contributed by atoms with E-state index in [0.717, 1.165) is 5.56 Å². The molecule has 27 heavy (non-hydrogen) atoms. The molecule has 0 saturated heterocycles. The van der Waals surface area contributed by atoms with Crippen LogP contribution >= 0.6 is 23.2 Å². The minimum atomic E-state index is -0.726. The summed E-state index contributed by atoms with van der Waals surface area (Å²) >= 11 is 12.0. The molecular formula is C19H20Cl2N2O4. The van der Waals surface area contributed by atoms with Crippen molar-refractivity contribution in [3.63, 3.8) is 0 Å². The average Bonchev–Trinajstić information content (AvgIpc) is 2.61. The maximum Gasteiger partial charge on any atom is 0.328 e. The number of nitrogen functional groups attached to an aromatic ring is 1. The molecule has 1 atom stereocenters. The molecule has 2 rings (SSSR count). The second-order valence-corrected chi connectivity index (χ2v) is 6.58. The molecule has 0 radical (unpaired) electrons. The molecule has 3 N–H and O–H groups in total. The molecule has 0 aliphatic heterocycles. The topological polar surface area (TPSA) is 90.6 Å². The van der Waals surface area contributed by atoms with Crippen LogP contribution in [-0.2, 0) is 16.1 Å². The predicted octanol–water partition coefficient (Wildman–Crippen LogP) is 3.84. The highest BCUT2D eigenvalue weighted by Crippen LogP contribution is 2.34. The molecule has 0 heterocycles. The van der Waals surface area contributed by atoms with E-state index in [0.29, 0.717) is 27.0 Å². The first kappa shape index (κ1) is 20.9. The molecule has 8 heteroatoms. The molecule has 6 nitrogen and oxygen atoms in total. The Labute approximate surface area is 167 Å². The summed E-state index contributed by atoms with van der Waals surface area (Å²) in [7, 11) is 0. The summed E-state index contributed by atoms with van der Waals surface area (Å²) in [5.74, 6) is -0.493. The number of nitrogens with two attached hydrogens (primary N) is 1. The minimum absolute atomic E-state index is 0.215. The molecule has 1 unspecified atom stereocenters. The van der Waals surface area contributed by atoms with Crippen LogP contribution in [0, 0.1) is 0 Å². The van der Waals surface area contributed by atoms with E-state index in [4.69, 9.17) is 38.4 Å². The van der Waals surface area contributed by atoms with Gasteiger partial charge in [0.25, 0.3) is 5.91 Å². The lowest BCUT2D eigenvalue weighted by Gasteiger charge is -2.13. The number of carbonyl (C=O) groups is 2. The smallest absolute Gasteiger partial charge is 0.328 e. The average molecular weight is 411 g/mol. The van der Waals surface area contributed by atoms with Gasteiger partial charge in [-0.2, -0.15) is 0 Å². The summed E-state index contributed by atoms with van der Waals surface area (Å²) in [6.45, 7) is 3.75. The Balaban J connectivity index is 1.97. The standard InChI is InChI=1S/C19H20Cl2N2O4/c1-3-26-19(25)11(2)23-18(24)13-6-4-12(5-7-13)10-27-17-15(21)8-14(20)9-16(17)22/h4-9,11H,3,10,22H2,1-2H3,(H,23,24). The highest BCUT2D eigenvalue weighted by atomic mass is 35.5. The quantitative estimate of drug-likeness (QED) is 0.534. The Morgan fingerprint density at radius 1 is 1.19 bits per heavy atom. The Morgan fingerprint density at radius 2 is 1.85 bits per heavy atom. The molecular weight excluding hydrogens is 391 g/mol. The van der Waals surface area contributed by atoms with Gasteiger partial charge >= 0.3 is 5.97 Å². The number of carbonyl (C=O) groups excluding carboxylic acids is 2. The second kappa shape index (κ2) is 9.48. The molecule has 1 amide bonds. The Kier molecular flexibility index (Phi) is 7.33. The van der Waals surface area contributed by atoms with E-state index in [2.05, 4.69) is 5.32 Å². The number of amides is 1. The number of ether oxygens (including phenoxy) is 2. The van der Waals surface area contributed by atoms with Gasteiger partial charge in [-0.05, 0) is 43.7 Å². The number of anilines is 1. The van der Waals surface area contributed by atoms with E-state index in [1.807, 2.05) is 0 Å². The number of halogens is 2. The number of nitrogens with one attached hydrogen (secondary N) is 1. The molecule has 0 aliphatic rings. The molecule has 0 saturated carbocycles. The fraction of sp³-hybridized carbons (Fsp3) is 0.263. The van der Waals surface area contributed by atoms with Crippen molar-refractivity contribution in [1.29, 1.82) is 0 Å². The highest BCUT2D eigenvalue weighted by Gasteiger charge is 2.17. The largest absolute Gasteiger partial charge is 0.485 e. The number of rotatable bonds is 7. The van der Waals surface area contributed by atoms with Gasteiger partial charge in [0.1, 0.15) is 12.6 Å². The van der Waals surface area contributed by atoms with Crippen molar-refractivity contribution in [1.82, 2.24) is 5.32 Å². The lowest BCUT2D eigenvalue weighted by atomic mass is 10.1. The van der Waals surface area contributed by atoms with Crippen LogP contribution in [0.4, 0.5) is 5.69 Å². The van der Waals surface area contributed by atoms with Crippen molar-refractivity contribution in [2.45, 2.75) is 26.5 Å². The maximum absolute atomic E-state index is 12.2. The molecule has 0 bridgehead atoms. The SMILES string of the molecule is CCOC(=O)C(C)NC(=O)c1ccc(COc2c(N)cc(Cl)cc2Cl)cc1. The molecule has 0 aromatic heterocycles. The van der Waals surface area contributed by atoms with Crippen LogP contribution in [0.3, 0.4) is 0 Å². The van der Waals surface area contributed by atoms with Crippen LogP contribution in [-0.4, -0.2) is 24.5 Å². The summed E-state index contributed by atoms with van der Waals surface area (Å²) in [6.07, 6.45) is 0. The molecule has 0 spiro atoms. The molecule has 2 aromatic rings. The summed E-state index contributed by atoms with van der Waals surface area (Å²) < 4.78 is 10.5. The van der Waals surface area contributed by atoms with Gasteiger partial charge in [0, 0.05) is 10.6 Å². The second-order valence-electron chi connectivity index (χ2n) is 5.74. The zero-order chi connectivity index (χ0) is 20.0. The van der Waals surface area contributed by atoms with Crippen molar-refractivity contribution in [2.75, 3.05) is 12.3 Å². The van der Waals surface area contributed by atoms with E-state index in [1.165, 1.54) is 0 Å². The zero-order valence-electron chi connectivity index (χ0n) is 14.9. The van der Waals surface area contributed by atoms with Crippen molar-refractivity contribution in [2.24, 2.45) is 0 Å². The van der Waals surface area contributed by atoms with Crippen molar-refractivity contribution >= 4 is 40.8 Å². The summed E-state index contributed by atoms with van der Waals surface area (Å²) in [4.78, 5) is 23.8. The first-order chi connectivity index (χ1) is 12.8. The summed E-state index contributed by atoms with van der Waals surface area (Å²) in [5, 5.41) is 3.34. The van der Waals surface area contributed by atoms with Gasteiger partial charge < -0.3 is 20.5 Å². The van der Waals surface area contributed by atoms with E-state index >= 15 is 0 Å². The number of hydrogen-bond donors (Lipinski definition) is 2. The predicted molar refractivity (Wildman–Crippen MR) is 105 cm³/mol. The van der Waals surface area contributed by atoms with Crippen LogP contribution < -0.4 is 15.8 Å². The summed E-state index contributed by atoms with van der Waals surface area (Å²) in [6, 6.07) is 9.13. The lowest BCUT2D eigenvalue weighted by molar-refractivity contribution is -0.144. The molecule has 0 fully saturated rings. The number of hydrogen-bond acceptors (Lipinski definition) is 5. The molecule has 0 aliphatic carbocycles. The van der Waals surface area contributed by atoms with Crippen molar-refractivity contribution in [3.05, 3.63) is 57.6 Å². The van der Waals surface area contributed by atoms with Crippen LogP contribution in [0.15, 0.2) is 36.4 Å².